The number of methoxy groups -OCH3 is 1. The SMILES string of the molecule is COc1ccc(-c2cc(=O)oc3c(C)c(OC(=O)[C@H](Cc4c[nH]c5ccccc45)NC(=O)OC(C)(C)C)ccc23)cc1. The molecule has 9 heteroatoms. The fraction of sp³-hybridized carbons (Fsp3) is 0.242. The van der Waals surface area contributed by atoms with E-state index in [1.165, 1.54) is 6.07 Å². The molecule has 1 amide bonds. The minimum Gasteiger partial charge on any atom is -0.497 e. The second-order valence-electron chi connectivity index (χ2n) is 11.0. The van der Waals surface area contributed by atoms with Crippen LogP contribution in [-0.2, 0) is 16.0 Å². The van der Waals surface area contributed by atoms with E-state index in [9.17, 15) is 14.4 Å². The van der Waals surface area contributed by atoms with E-state index in [1.807, 2.05) is 48.5 Å². The van der Waals surface area contributed by atoms with Gasteiger partial charge in [-0.2, -0.15) is 0 Å². The second-order valence-corrected chi connectivity index (χ2v) is 11.0. The van der Waals surface area contributed by atoms with Crippen LogP contribution in [0, 0.1) is 6.92 Å². The molecular weight excluding hydrogens is 536 g/mol. The van der Waals surface area contributed by atoms with Gasteiger partial charge in [-0.15, -0.1) is 0 Å². The highest BCUT2D eigenvalue weighted by Gasteiger charge is 2.28. The van der Waals surface area contributed by atoms with E-state index in [-0.39, 0.29) is 12.2 Å². The van der Waals surface area contributed by atoms with Crippen LogP contribution in [-0.4, -0.2) is 35.8 Å². The number of aromatic nitrogens is 1. The summed E-state index contributed by atoms with van der Waals surface area (Å²) in [6, 6.07) is 18.8. The van der Waals surface area contributed by atoms with Crippen molar-refractivity contribution in [2.45, 2.75) is 45.8 Å². The third-order valence-corrected chi connectivity index (χ3v) is 6.80. The molecule has 42 heavy (non-hydrogen) atoms. The number of benzene rings is 3. The molecule has 0 spiro atoms. The first-order valence-corrected chi connectivity index (χ1v) is 13.5. The molecule has 5 rings (SSSR count). The lowest BCUT2D eigenvalue weighted by Gasteiger charge is -2.23. The number of hydrogen-bond acceptors (Lipinski definition) is 7. The smallest absolute Gasteiger partial charge is 0.408 e. The van der Waals surface area contributed by atoms with Crippen LogP contribution in [0.25, 0.3) is 33.0 Å². The number of aryl methyl sites for hydroxylation is 1. The summed E-state index contributed by atoms with van der Waals surface area (Å²) in [6.45, 7) is 6.94. The fourth-order valence-corrected chi connectivity index (χ4v) is 4.81. The zero-order valence-electron chi connectivity index (χ0n) is 24.1. The number of H-pyrrole nitrogens is 1. The van der Waals surface area contributed by atoms with Crippen LogP contribution in [0.1, 0.15) is 31.9 Å². The van der Waals surface area contributed by atoms with Gasteiger partial charge in [-0.25, -0.2) is 14.4 Å². The molecule has 0 saturated heterocycles. The van der Waals surface area contributed by atoms with E-state index in [4.69, 9.17) is 18.6 Å². The van der Waals surface area contributed by atoms with Gasteiger partial charge < -0.3 is 28.9 Å². The summed E-state index contributed by atoms with van der Waals surface area (Å²) < 4.78 is 22.1. The number of amides is 1. The molecule has 216 valence electrons. The van der Waals surface area contributed by atoms with E-state index >= 15 is 0 Å². The average Bonchev–Trinajstić information content (AvgIpc) is 3.36. The summed E-state index contributed by atoms with van der Waals surface area (Å²) >= 11 is 0. The number of fused-ring (bicyclic) bond motifs is 2. The zero-order chi connectivity index (χ0) is 30.0. The largest absolute Gasteiger partial charge is 0.497 e. The number of carbonyl (C=O) groups excluding carboxylic acids is 2. The standard InChI is InChI=1S/C33H32N2O7/c1-19-28(15-14-24-25(17-29(36)41-30(19)24)20-10-12-22(39-5)13-11-20)40-31(37)27(35-32(38)42-33(2,3)4)16-21-18-34-26-9-7-6-8-23(21)26/h6-15,17-18,27,34H,16H2,1-5H3,(H,35,38)/t27-/m0/s1. The molecule has 0 aliphatic rings. The number of rotatable bonds is 7. The van der Waals surface area contributed by atoms with Gasteiger partial charge in [-0.05, 0) is 74.7 Å². The molecule has 0 aliphatic heterocycles. The van der Waals surface area contributed by atoms with E-state index in [2.05, 4.69) is 10.3 Å². The molecular formula is C33H32N2O7. The number of para-hydroxylation sites is 1. The summed E-state index contributed by atoms with van der Waals surface area (Å²) in [4.78, 5) is 42.0. The molecule has 2 N–H and O–H groups in total. The van der Waals surface area contributed by atoms with Crippen molar-refractivity contribution >= 4 is 33.9 Å². The zero-order valence-corrected chi connectivity index (χ0v) is 24.1. The quantitative estimate of drug-likeness (QED) is 0.134. The Labute approximate surface area is 242 Å². The van der Waals surface area contributed by atoms with E-state index < -0.39 is 29.3 Å². The molecule has 1 atom stereocenters. The molecule has 5 aromatic rings. The van der Waals surface area contributed by atoms with Crippen LogP contribution >= 0.6 is 0 Å². The first kappa shape index (κ1) is 28.5. The van der Waals surface area contributed by atoms with Crippen molar-refractivity contribution in [2.24, 2.45) is 0 Å². The van der Waals surface area contributed by atoms with Crippen LogP contribution in [0.2, 0.25) is 0 Å². The molecule has 2 aromatic heterocycles. The van der Waals surface area contributed by atoms with Crippen molar-refractivity contribution in [2.75, 3.05) is 7.11 Å². The van der Waals surface area contributed by atoms with Gasteiger partial charge in [-0.1, -0.05) is 30.3 Å². The molecule has 3 aromatic carbocycles. The fourth-order valence-electron chi connectivity index (χ4n) is 4.81. The number of carbonyl (C=O) groups is 2. The average molecular weight is 569 g/mol. The topological polar surface area (TPSA) is 120 Å². The highest BCUT2D eigenvalue weighted by atomic mass is 16.6. The number of nitrogens with one attached hydrogen (secondary N) is 2. The van der Waals surface area contributed by atoms with E-state index in [0.29, 0.717) is 27.8 Å². The van der Waals surface area contributed by atoms with Gasteiger partial charge in [0.2, 0.25) is 0 Å². The van der Waals surface area contributed by atoms with Crippen LogP contribution in [0.15, 0.2) is 82.1 Å². The summed E-state index contributed by atoms with van der Waals surface area (Å²) in [5.74, 6) is 0.207. The van der Waals surface area contributed by atoms with Crippen molar-refractivity contribution in [3.05, 3.63) is 94.5 Å². The van der Waals surface area contributed by atoms with Crippen molar-refractivity contribution in [3.8, 4) is 22.6 Å². The molecule has 0 bridgehead atoms. The van der Waals surface area contributed by atoms with Gasteiger partial charge in [0.1, 0.15) is 28.7 Å². The minimum atomic E-state index is -1.06. The lowest BCUT2D eigenvalue weighted by atomic mass is 10.00. The Morgan fingerprint density at radius 2 is 1.74 bits per heavy atom. The maximum Gasteiger partial charge on any atom is 0.408 e. The normalized spacial score (nSPS) is 12.2. The Morgan fingerprint density at radius 1 is 1.00 bits per heavy atom. The number of esters is 1. The van der Waals surface area contributed by atoms with Crippen molar-refractivity contribution in [3.63, 3.8) is 0 Å². The van der Waals surface area contributed by atoms with Gasteiger partial charge >= 0.3 is 17.7 Å². The van der Waals surface area contributed by atoms with Crippen LogP contribution in [0.3, 0.4) is 0 Å². The lowest BCUT2D eigenvalue weighted by molar-refractivity contribution is -0.136. The van der Waals surface area contributed by atoms with Crippen LogP contribution in [0.5, 0.6) is 11.5 Å². The molecule has 0 aliphatic carbocycles. The Kier molecular flexibility index (Phi) is 7.76. The molecule has 0 radical (unpaired) electrons. The Hall–Kier alpha value is -5.05. The van der Waals surface area contributed by atoms with E-state index in [1.54, 1.807) is 53.1 Å². The predicted molar refractivity (Wildman–Crippen MR) is 160 cm³/mol. The number of ether oxygens (including phenoxy) is 3. The number of aromatic amines is 1. The maximum atomic E-state index is 13.6. The first-order chi connectivity index (χ1) is 20.0. The van der Waals surface area contributed by atoms with Gasteiger partial charge in [-0.3, -0.25) is 0 Å². The Balaban J connectivity index is 1.47. The predicted octanol–water partition coefficient (Wildman–Crippen LogP) is 6.30. The van der Waals surface area contributed by atoms with E-state index in [0.717, 1.165) is 22.0 Å². The Bertz CT molecular complexity index is 1830. The van der Waals surface area contributed by atoms with Gasteiger partial charge in [0.05, 0.1) is 7.11 Å². The van der Waals surface area contributed by atoms with Gasteiger partial charge in [0.25, 0.3) is 0 Å². The molecule has 0 fully saturated rings. The van der Waals surface area contributed by atoms with Crippen LogP contribution < -0.4 is 20.4 Å². The minimum absolute atomic E-state index is 0.158. The Morgan fingerprint density at radius 3 is 2.45 bits per heavy atom. The summed E-state index contributed by atoms with van der Waals surface area (Å²) in [6.07, 6.45) is 1.22. The van der Waals surface area contributed by atoms with Crippen molar-refractivity contribution in [1.82, 2.24) is 10.3 Å². The van der Waals surface area contributed by atoms with Gasteiger partial charge in [0.15, 0.2) is 0 Å². The molecule has 2 heterocycles. The third kappa shape index (κ3) is 6.15. The molecule has 0 saturated carbocycles. The summed E-state index contributed by atoms with van der Waals surface area (Å²) in [7, 11) is 1.59. The summed E-state index contributed by atoms with van der Waals surface area (Å²) in [5, 5.41) is 4.28. The highest BCUT2D eigenvalue weighted by Crippen LogP contribution is 2.34. The molecule has 0 unspecified atom stereocenters. The lowest BCUT2D eigenvalue weighted by Crippen LogP contribution is -2.46. The second kappa shape index (κ2) is 11.4. The highest BCUT2D eigenvalue weighted by molar-refractivity contribution is 5.96. The maximum absolute atomic E-state index is 13.6. The first-order valence-electron chi connectivity index (χ1n) is 13.5. The van der Waals surface area contributed by atoms with Crippen LogP contribution in [0.4, 0.5) is 4.79 Å². The van der Waals surface area contributed by atoms with Crippen molar-refractivity contribution < 1.29 is 28.2 Å². The number of hydrogen-bond donors (Lipinski definition) is 2. The van der Waals surface area contributed by atoms with Crippen molar-refractivity contribution in [1.29, 1.82) is 0 Å². The summed E-state index contributed by atoms with van der Waals surface area (Å²) in [5.41, 5.74) is 2.69. The number of alkyl carbamates (subject to hydrolysis) is 1. The van der Waals surface area contributed by atoms with Gasteiger partial charge in [0, 0.05) is 40.5 Å². The molecule has 9 nitrogen and oxygen atoms in total. The monoisotopic (exact) mass is 568 g/mol. The third-order valence-electron chi connectivity index (χ3n) is 6.80.